The second kappa shape index (κ2) is 6.93. The normalized spacial score (nSPS) is 17.3. The lowest BCUT2D eigenvalue weighted by Crippen LogP contribution is -2.39. The molecule has 1 aliphatic rings. The van der Waals surface area contributed by atoms with Crippen molar-refractivity contribution in [1.82, 2.24) is 15.2 Å². The van der Waals surface area contributed by atoms with Crippen LogP contribution >= 0.6 is 0 Å². The van der Waals surface area contributed by atoms with Crippen LogP contribution in [0.15, 0.2) is 54.9 Å². The Kier molecular flexibility index (Phi) is 4.53. The molecule has 1 fully saturated rings. The third-order valence-electron chi connectivity index (χ3n) is 3.67. The van der Waals surface area contributed by atoms with Crippen LogP contribution in [0.2, 0.25) is 0 Å². The van der Waals surface area contributed by atoms with E-state index in [1.54, 1.807) is 17.3 Å². The molecule has 2 aromatic rings. The van der Waals surface area contributed by atoms with E-state index in [0.29, 0.717) is 13.1 Å². The van der Waals surface area contributed by atoms with Gasteiger partial charge in [-0.15, -0.1) is 0 Å². The lowest BCUT2D eigenvalue weighted by atomic mass is 10.2. The SMILES string of the molecule is O=C(NCc1ccccc1)N1CC[C@@H](Oc2ccncc2)C1. The first-order chi connectivity index (χ1) is 10.8. The van der Waals surface area contributed by atoms with Crippen molar-refractivity contribution in [3.8, 4) is 5.75 Å². The highest BCUT2D eigenvalue weighted by Gasteiger charge is 2.27. The number of nitrogens with zero attached hydrogens (tertiary/aromatic N) is 2. The maximum absolute atomic E-state index is 12.2. The van der Waals surface area contributed by atoms with Crippen molar-refractivity contribution >= 4 is 6.03 Å². The molecular weight excluding hydrogens is 278 g/mol. The molecular formula is C17H19N3O2. The van der Waals surface area contributed by atoms with Crippen LogP contribution in [0.5, 0.6) is 5.75 Å². The molecule has 1 aliphatic heterocycles. The third-order valence-corrected chi connectivity index (χ3v) is 3.67. The van der Waals surface area contributed by atoms with Crippen LogP contribution in [0.25, 0.3) is 0 Å². The summed E-state index contributed by atoms with van der Waals surface area (Å²) in [5, 5.41) is 2.95. The Hall–Kier alpha value is -2.56. The predicted octanol–water partition coefficient (Wildman–Crippen LogP) is 2.44. The van der Waals surface area contributed by atoms with Crippen molar-refractivity contribution in [2.45, 2.75) is 19.1 Å². The van der Waals surface area contributed by atoms with E-state index in [1.165, 1.54) is 0 Å². The number of likely N-dealkylation sites (tertiary alicyclic amines) is 1. The molecule has 5 nitrogen and oxygen atoms in total. The zero-order chi connectivity index (χ0) is 15.2. The lowest BCUT2D eigenvalue weighted by molar-refractivity contribution is 0.186. The number of aromatic nitrogens is 1. The molecule has 5 heteroatoms. The van der Waals surface area contributed by atoms with Gasteiger partial charge in [0.25, 0.3) is 0 Å². The molecule has 22 heavy (non-hydrogen) atoms. The Morgan fingerprint density at radius 3 is 2.77 bits per heavy atom. The summed E-state index contributed by atoms with van der Waals surface area (Å²) in [6.45, 7) is 1.88. The fourth-order valence-corrected chi connectivity index (χ4v) is 2.50. The van der Waals surface area contributed by atoms with Crippen LogP contribution < -0.4 is 10.1 Å². The second-order valence-electron chi connectivity index (χ2n) is 5.30. The number of hydrogen-bond acceptors (Lipinski definition) is 3. The number of rotatable bonds is 4. The van der Waals surface area contributed by atoms with Gasteiger partial charge in [0.05, 0.1) is 6.54 Å². The minimum atomic E-state index is -0.0373. The standard InChI is InChI=1S/C17H19N3O2/c21-17(19-12-14-4-2-1-3-5-14)20-11-8-16(13-20)22-15-6-9-18-10-7-15/h1-7,9-10,16H,8,11-13H2,(H,19,21)/t16-/m1/s1. The average Bonchev–Trinajstić information content (AvgIpc) is 3.03. The number of carbonyl (C=O) groups is 1. The molecule has 1 atom stereocenters. The summed E-state index contributed by atoms with van der Waals surface area (Å²) in [5.41, 5.74) is 1.10. The van der Waals surface area contributed by atoms with Gasteiger partial charge in [0.2, 0.25) is 0 Å². The number of hydrogen-bond donors (Lipinski definition) is 1. The van der Waals surface area contributed by atoms with Gasteiger partial charge in [-0.25, -0.2) is 4.79 Å². The summed E-state index contributed by atoms with van der Waals surface area (Å²) in [7, 11) is 0. The molecule has 3 rings (SSSR count). The van der Waals surface area contributed by atoms with Crippen LogP contribution in [0.4, 0.5) is 4.79 Å². The van der Waals surface area contributed by atoms with Crippen molar-refractivity contribution in [3.05, 3.63) is 60.4 Å². The van der Waals surface area contributed by atoms with E-state index in [1.807, 2.05) is 42.5 Å². The molecule has 0 spiro atoms. The van der Waals surface area contributed by atoms with Gasteiger partial charge in [0.15, 0.2) is 0 Å². The van der Waals surface area contributed by atoms with Crippen molar-refractivity contribution in [2.24, 2.45) is 0 Å². The summed E-state index contributed by atoms with van der Waals surface area (Å²) < 4.78 is 5.86. The monoisotopic (exact) mass is 297 g/mol. The summed E-state index contributed by atoms with van der Waals surface area (Å²) >= 11 is 0. The number of urea groups is 1. The van der Waals surface area contributed by atoms with Gasteiger partial charge in [-0.1, -0.05) is 30.3 Å². The average molecular weight is 297 g/mol. The number of amides is 2. The number of benzene rings is 1. The van der Waals surface area contributed by atoms with Crippen molar-refractivity contribution in [3.63, 3.8) is 0 Å². The maximum atomic E-state index is 12.2. The Labute approximate surface area is 129 Å². The molecule has 0 saturated carbocycles. The van der Waals surface area contributed by atoms with E-state index < -0.39 is 0 Å². The molecule has 1 N–H and O–H groups in total. The van der Waals surface area contributed by atoms with Gasteiger partial charge in [-0.05, 0) is 17.7 Å². The van der Waals surface area contributed by atoms with Crippen LogP contribution in [0.3, 0.4) is 0 Å². The molecule has 0 unspecified atom stereocenters. The highest BCUT2D eigenvalue weighted by molar-refractivity contribution is 5.74. The van der Waals surface area contributed by atoms with Crippen molar-refractivity contribution < 1.29 is 9.53 Å². The van der Waals surface area contributed by atoms with Gasteiger partial charge in [-0.2, -0.15) is 0 Å². The Balaban J connectivity index is 1.46. The number of nitrogens with one attached hydrogen (secondary N) is 1. The minimum Gasteiger partial charge on any atom is -0.488 e. The van der Waals surface area contributed by atoms with E-state index in [2.05, 4.69) is 10.3 Å². The topological polar surface area (TPSA) is 54.5 Å². The first-order valence-electron chi connectivity index (χ1n) is 7.44. The molecule has 0 aliphatic carbocycles. The molecule has 0 radical (unpaired) electrons. The van der Waals surface area contributed by atoms with Gasteiger partial charge in [-0.3, -0.25) is 4.98 Å². The number of ether oxygens (including phenoxy) is 1. The summed E-state index contributed by atoms with van der Waals surface area (Å²) in [5.74, 6) is 0.798. The zero-order valence-electron chi connectivity index (χ0n) is 12.3. The van der Waals surface area contributed by atoms with Gasteiger partial charge in [0, 0.05) is 31.9 Å². The Morgan fingerprint density at radius 2 is 2.00 bits per heavy atom. The molecule has 1 saturated heterocycles. The fraction of sp³-hybridized carbons (Fsp3) is 0.294. The smallest absolute Gasteiger partial charge is 0.317 e. The molecule has 114 valence electrons. The van der Waals surface area contributed by atoms with E-state index in [9.17, 15) is 4.79 Å². The minimum absolute atomic E-state index is 0.0373. The number of pyridine rings is 1. The molecule has 0 bridgehead atoms. The summed E-state index contributed by atoms with van der Waals surface area (Å²) in [4.78, 5) is 17.9. The summed E-state index contributed by atoms with van der Waals surface area (Å²) in [6, 6.07) is 13.5. The lowest BCUT2D eigenvalue weighted by Gasteiger charge is -2.18. The van der Waals surface area contributed by atoms with E-state index in [4.69, 9.17) is 4.74 Å². The molecule has 1 aromatic carbocycles. The molecule has 1 aromatic heterocycles. The van der Waals surface area contributed by atoms with E-state index in [-0.39, 0.29) is 12.1 Å². The molecule has 2 amide bonds. The fourth-order valence-electron chi connectivity index (χ4n) is 2.50. The largest absolute Gasteiger partial charge is 0.488 e. The first kappa shape index (κ1) is 14.4. The van der Waals surface area contributed by atoms with Crippen LogP contribution in [0, 0.1) is 0 Å². The Morgan fingerprint density at radius 1 is 1.23 bits per heavy atom. The van der Waals surface area contributed by atoms with Gasteiger partial charge >= 0.3 is 6.03 Å². The zero-order valence-corrected chi connectivity index (χ0v) is 12.3. The quantitative estimate of drug-likeness (QED) is 0.943. The van der Waals surface area contributed by atoms with Gasteiger partial charge in [0.1, 0.15) is 11.9 Å². The third kappa shape index (κ3) is 3.75. The van der Waals surface area contributed by atoms with Crippen molar-refractivity contribution in [1.29, 1.82) is 0 Å². The first-order valence-corrected chi connectivity index (χ1v) is 7.44. The van der Waals surface area contributed by atoms with Gasteiger partial charge < -0.3 is 15.0 Å². The van der Waals surface area contributed by atoms with E-state index >= 15 is 0 Å². The maximum Gasteiger partial charge on any atom is 0.317 e. The molecule has 2 heterocycles. The van der Waals surface area contributed by atoms with Crippen LogP contribution in [-0.4, -0.2) is 35.1 Å². The second-order valence-corrected chi connectivity index (χ2v) is 5.30. The summed E-state index contributed by atoms with van der Waals surface area (Å²) in [6.07, 6.45) is 4.30. The Bertz CT molecular complexity index is 604. The predicted molar refractivity (Wildman–Crippen MR) is 83.5 cm³/mol. The number of carbonyl (C=O) groups excluding carboxylic acids is 1. The van der Waals surface area contributed by atoms with Crippen LogP contribution in [0.1, 0.15) is 12.0 Å². The van der Waals surface area contributed by atoms with E-state index in [0.717, 1.165) is 24.3 Å². The van der Waals surface area contributed by atoms with Crippen LogP contribution in [-0.2, 0) is 6.54 Å². The highest BCUT2D eigenvalue weighted by Crippen LogP contribution is 2.17. The highest BCUT2D eigenvalue weighted by atomic mass is 16.5. The van der Waals surface area contributed by atoms with Crippen molar-refractivity contribution in [2.75, 3.05) is 13.1 Å².